The lowest BCUT2D eigenvalue weighted by molar-refractivity contribution is 0.0988. The van der Waals surface area contributed by atoms with Crippen molar-refractivity contribution in [2.24, 2.45) is 0 Å². The molecule has 0 amide bonds. The normalized spacial score (nSPS) is 19.6. The summed E-state index contributed by atoms with van der Waals surface area (Å²) in [5.74, 6) is -0.333. The highest BCUT2D eigenvalue weighted by atomic mass is 35.5. The van der Waals surface area contributed by atoms with E-state index in [4.69, 9.17) is 11.6 Å². The first-order chi connectivity index (χ1) is 8.06. The van der Waals surface area contributed by atoms with Crippen LogP contribution in [-0.4, -0.2) is 19.0 Å². The van der Waals surface area contributed by atoms with Gasteiger partial charge >= 0.3 is 0 Å². The van der Waals surface area contributed by atoms with Crippen LogP contribution in [0.15, 0.2) is 18.2 Å². The molecule has 3 heteroatoms. The molecule has 0 spiro atoms. The molecular weight excluding hydrogens is 237 g/mol. The predicted octanol–water partition coefficient (Wildman–Crippen LogP) is 4.20. The average Bonchev–Trinajstić information content (AvgIpc) is 2.33. The van der Waals surface area contributed by atoms with Crippen LogP contribution in [0.5, 0.6) is 0 Å². The van der Waals surface area contributed by atoms with Gasteiger partial charge in [0, 0.05) is 5.54 Å². The van der Waals surface area contributed by atoms with Crippen molar-refractivity contribution in [2.45, 2.75) is 37.6 Å². The molecule has 0 atom stereocenters. The zero-order valence-corrected chi connectivity index (χ0v) is 11.2. The Balaban J connectivity index is 2.41. The maximum atomic E-state index is 13.2. The van der Waals surface area contributed by atoms with Crippen molar-refractivity contribution < 1.29 is 4.39 Å². The summed E-state index contributed by atoms with van der Waals surface area (Å²) < 4.78 is 13.2. The van der Waals surface area contributed by atoms with Crippen LogP contribution in [0, 0.1) is 5.82 Å². The van der Waals surface area contributed by atoms with E-state index in [1.165, 1.54) is 25.3 Å². The number of nitrogens with zero attached hydrogens (tertiary/aromatic N) is 1. The maximum Gasteiger partial charge on any atom is 0.141 e. The summed E-state index contributed by atoms with van der Waals surface area (Å²) in [6, 6.07) is 5.16. The molecular formula is C14H19ClFN. The van der Waals surface area contributed by atoms with Crippen LogP contribution in [0.25, 0.3) is 0 Å². The van der Waals surface area contributed by atoms with Gasteiger partial charge in [0.05, 0.1) is 5.02 Å². The summed E-state index contributed by atoms with van der Waals surface area (Å²) >= 11 is 5.91. The maximum absolute atomic E-state index is 13.2. The Hall–Kier alpha value is -0.600. The van der Waals surface area contributed by atoms with Gasteiger partial charge in [-0.2, -0.15) is 0 Å². The molecule has 0 heterocycles. The van der Waals surface area contributed by atoms with Crippen LogP contribution < -0.4 is 0 Å². The van der Waals surface area contributed by atoms with Gasteiger partial charge in [-0.1, -0.05) is 36.9 Å². The van der Waals surface area contributed by atoms with Crippen molar-refractivity contribution in [3.05, 3.63) is 34.6 Å². The van der Waals surface area contributed by atoms with Crippen LogP contribution >= 0.6 is 11.6 Å². The molecule has 0 aromatic heterocycles. The second-order valence-corrected chi connectivity index (χ2v) is 5.52. The number of halogens is 2. The fourth-order valence-electron chi connectivity index (χ4n) is 2.92. The van der Waals surface area contributed by atoms with Crippen LogP contribution in [-0.2, 0) is 5.54 Å². The van der Waals surface area contributed by atoms with Crippen molar-refractivity contribution in [1.82, 2.24) is 4.90 Å². The predicted molar refractivity (Wildman–Crippen MR) is 69.9 cm³/mol. The zero-order valence-electron chi connectivity index (χ0n) is 10.5. The summed E-state index contributed by atoms with van der Waals surface area (Å²) in [6.07, 6.45) is 6.01. The van der Waals surface area contributed by atoms with Crippen LogP contribution in [0.3, 0.4) is 0 Å². The van der Waals surface area contributed by atoms with E-state index >= 15 is 0 Å². The van der Waals surface area contributed by atoms with Crippen LogP contribution in [0.4, 0.5) is 4.39 Å². The van der Waals surface area contributed by atoms with E-state index in [2.05, 4.69) is 19.0 Å². The lowest BCUT2D eigenvalue weighted by Gasteiger charge is -2.43. The quantitative estimate of drug-likeness (QED) is 0.766. The molecule has 1 fully saturated rings. The molecule has 0 radical (unpaired) electrons. The summed E-state index contributed by atoms with van der Waals surface area (Å²) in [7, 11) is 4.20. The molecule has 1 saturated carbocycles. The van der Waals surface area contributed by atoms with Crippen molar-refractivity contribution in [1.29, 1.82) is 0 Å². The van der Waals surface area contributed by atoms with Crippen molar-refractivity contribution in [3.8, 4) is 0 Å². The molecule has 0 aliphatic heterocycles. The Kier molecular flexibility index (Phi) is 3.74. The Labute approximate surface area is 108 Å². The standard InChI is InChI=1S/C14H19ClFN/c1-17(2)14(8-4-3-5-9-14)11-6-7-13(16)12(15)10-11/h6-7,10H,3-5,8-9H2,1-2H3. The number of benzene rings is 1. The highest BCUT2D eigenvalue weighted by Crippen LogP contribution is 2.41. The SMILES string of the molecule is CN(C)C1(c2ccc(F)c(Cl)c2)CCCCC1. The molecule has 0 bridgehead atoms. The molecule has 17 heavy (non-hydrogen) atoms. The summed E-state index contributed by atoms with van der Waals surface area (Å²) in [4.78, 5) is 2.26. The molecule has 1 aromatic carbocycles. The third-order valence-corrected chi connectivity index (χ3v) is 4.28. The molecule has 0 saturated heterocycles. The van der Waals surface area contributed by atoms with Gasteiger partial charge in [0.25, 0.3) is 0 Å². The van der Waals surface area contributed by atoms with E-state index in [-0.39, 0.29) is 16.4 Å². The second kappa shape index (κ2) is 4.95. The second-order valence-electron chi connectivity index (χ2n) is 5.12. The first-order valence-electron chi connectivity index (χ1n) is 6.19. The van der Waals surface area contributed by atoms with Crippen LogP contribution in [0.1, 0.15) is 37.7 Å². The van der Waals surface area contributed by atoms with Gasteiger partial charge in [-0.05, 0) is 44.6 Å². The Morgan fingerprint density at radius 2 is 1.82 bits per heavy atom. The van der Waals surface area contributed by atoms with Gasteiger partial charge in [0.2, 0.25) is 0 Å². The number of hydrogen-bond donors (Lipinski definition) is 0. The molecule has 1 aliphatic rings. The van der Waals surface area contributed by atoms with Gasteiger partial charge in [-0.3, -0.25) is 4.90 Å². The molecule has 0 N–H and O–H groups in total. The Bertz CT molecular complexity index is 397. The topological polar surface area (TPSA) is 3.24 Å². The van der Waals surface area contributed by atoms with E-state index in [9.17, 15) is 4.39 Å². The first kappa shape index (κ1) is 12.8. The minimum atomic E-state index is -0.333. The molecule has 2 rings (SSSR count). The van der Waals surface area contributed by atoms with Crippen LogP contribution in [0.2, 0.25) is 5.02 Å². The monoisotopic (exact) mass is 255 g/mol. The van der Waals surface area contributed by atoms with Crippen molar-refractivity contribution in [2.75, 3.05) is 14.1 Å². The Morgan fingerprint density at radius 3 is 2.35 bits per heavy atom. The minimum absolute atomic E-state index is 0.0373. The largest absolute Gasteiger partial charge is 0.300 e. The number of hydrogen-bond acceptors (Lipinski definition) is 1. The molecule has 1 aromatic rings. The van der Waals surface area contributed by atoms with Gasteiger partial charge in [0.15, 0.2) is 0 Å². The first-order valence-corrected chi connectivity index (χ1v) is 6.57. The lowest BCUT2D eigenvalue weighted by atomic mass is 9.76. The van der Waals surface area contributed by atoms with Crippen molar-refractivity contribution in [3.63, 3.8) is 0 Å². The number of rotatable bonds is 2. The van der Waals surface area contributed by atoms with E-state index in [1.54, 1.807) is 6.07 Å². The average molecular weight is 256 g/mol. The lowest BCUT2D eigenvalue weighted by Crippen LogP contribution is -2.43. The third-order valence-electron chi connectivity index (χ3n) is 3.99. The van der Waals surface area contributed by atoms with Gasteiger partial charge in [-0.25, -0.2) is 4.39 Å². The van der Waals surface area contributed by atoms with Gasteiger partial charge in [0.1, 0.15) is 5.82 Å². The minimum Gasteiger partial charge on any atom is -0.300 e. The van der Waals surface area contributed by atoms with E-state index < -0.39 is 0 Å². The van der Waals surface area contributed by atoms with E-state index in [0.717, 1.165) is 18.4 Å². The summed E-state index contributed by atoms with van der Waals surface area (Å²) in [5.41, 5.74) is 1.18. The smallest absolute Gasteiger partial charge is 0.141 e. The molecule has 0 unspecified atom stereocenters. The molecule has 1 nitrogen and oxygen atoms in total. The highest BCUT2D eigenvalue weighted by Gasteiger charge is 2.36. The fraction of sp³-hybridized carbons (Fsp3) is 0.571. The zero-order chi connectivity index (χ0) is 12.5. The molecule has 1 aliphatic carbocycles. The van der Waals surface area contributed by atoms with Gasteiger partial charge in [-0.15, -0.1) is 0 Å². The van der Waals surface area contributed by atoms with Crippen molar-refractivity contribution >= 4 is 11.6 Å². The Morgan fingerprint density at radius 1 is 1.18 bits per heavy atom. The van der Waals surface area contributed by atoms with E-state index in [0.29, 0.717) is 0 Å². The summed E-state index contributed by atoms with van der Waals surface area (Å²) in [6.45, 7) is 0. The summed E-state index contributed by atoms with van der Waals surface area (Å²) in [5, 5.41) is 0.231. The molecule has 94 valence electrons. The van der Waals surface area contributed by atoms with E-state index in [1.807, 2.05) is 6.07 Å². The highest BCUT2D eigenvalue weighted by molar-refractivity contribution is 6.30. The fourth-order valence-corrected chi connectivity index (χ4v) is 3.10. The third kappa shape index (κ3) is 2.34. The van der Waals surface area contributed by atoms with Gasteiger partial charge < -0.3 is 0 Å².